The van der Waals surface area contributed by atoms with E-state index in [4.69, 9.17) is 4.74 Å². The van der Waals surface area contributed by atoms with E-state index in [-0.39, 0.29) is 23.8 Å². The van der Waals surface area contributed by atoms with Gasteiger partial charge in [0, 0.05) is 39.3 Å². The second-order valence-electron chi connectivity index (χ2n) is 5.25. The molecule has 108 valence electrons. The lowest BCUT2D eigenvalue weighted by molar-refractivity contribution is -0.145. The average molecular weight is 269 g/mol. The molecule has 0 aromatic rings. The summed E-state index contributed by atoms with van der Waals surface area (Å²) in [4.78, 5) is 27.9. The molecule has 2 saturated heterocycles. The number of hydrogen-bond donors (Lipinski definition) is 1. The minimum Gasteiger partial charge on any atom is -0.469 e. The number of nitrogens with one attached hydrogen (secondary N) is 1. The number of carbonyl (C=O) groups excluding carboxylic acids is 2. The van der Waals surface area contributed by atoms with Gasteiger partial charge in [-0.25, -0.2) is 0 Å². The van der Waals surface area contributed by atoms with Gasteiger partial charge < -0.3 is 15.0 Å². The van der Waals surface area contributed by atoms with E-state index >= 15 is 0 Å². The highest BCUT2D eigenvalue weighted by Crippen LogP contribution is 2.19. The van der Waals surface area contributed by atoms with Crippen LogP contribution in [0.4, 0.5) is 0 Å². The van der Waals surface area contributed by atoms with E-state index < -0.39 is 0 Å². The summed E-state index contributed by atoms with van der Waals surface area (Å²) in [7, 11) is 1.40. The molecule has 2 aliphatic rings. The number of rotatable bonds is 3. The van der Waals surface area contributed by atoms with Crippen LogP contribution < -0.4 is 5.32 Å². The number of carbonyl (C=O) groups is 2. The normalized spacial score (nSPS) is 26.2. The summed E-state index contributed by atoms with van der Waals surface area (Å²) < 4.78 is 4.74. The first-order chi connectivity index (χ1) is 9.13. The van der Waals surface area contributed by atoms with Crippen molar-refractivity contribution in [2.75, 3.05) is 46.4 Å². The van der Waals surface area contributed by atoms with Gasteiger partial charge in [-0.1, -0.05) is 0 Å². The quantitative estimate of drug-likeness (QED) is 0.687. The van der Waals surface area contributed by atoms with Crippen LogP contribution in [0.5, 0.6) is 0 Å². The summed E-state index contributed by atoms with van der Waals surface area (Å²) >= 11 is 0. The third-order valence-corrected chi connectivity index (χ3v) is 4.09. The number of nitrogens with zero attached hydrogens (tertiary/aromatic N) is 2. The van der Waals surface area contributed by atoms with Crippen LogP contribution in [-0.2, 0) is 14.3 Å². The van der Waals surface area contributed by atoms with Crippen molar-refractivity contribution in [1.82, 2.24) is 15.1 Å². The van der Waals surface area contributed by atoms with Gasteiger partial charge in [-0.05, 0) is 13.3 Å². The number of hydrogen-bond acceptors (Lipinski definition) is 5. The molecule has 19 heavy (non-hydrogen) atoms. The maximum atomic E-state index is 12.4. The first kappa shape index (κ1) is 14.3. The zero-order valence-corrected chi connectivity index (χ0v) is 11.7. The van der Waals surface area contributed by atoms with Crippen LogP contribution in [-0.4, -0.2) is 74.1 Å². The molecular weight excluding hydrogens is 246 g/mol. The van der Waals surface area contributed by atoms with E-state index in [0.717, 1.165) is 26.2 Å². The van der Waals surface area contributed by atoms with Gasteiger partial charge in [-0.15, -0.1) is 0 Å². The third-order valence-electron chi connectivity index (χ3n) is 4.09. The van der Waals surface area contributed by atoms with E-state index in [1.54, 1.807) is 4.90 Å². The molecule has 0 saturated carbocycles. The molecule has 0 aromatic carbocycles. The Hall–Kier alpha value is -1.14. The van der Waals surface area contributed by atoms with Crippen molar-refractivity contribution in [3.05, 3.63) is 0 Å². The van der Waals surface area contributed by atoms with Crippen LogP contribution in [0.1, 0.15) is 13.3 Å². The fourth-order valence-corrected chi connectivity index (χ4v) is 2.81. The van der Waals surface area contributed by atoms with Crippen LogP contribution in [0.25, 0.3) is 0 Å². The third kappa shape index (κ3) is 3.25. The smallest absolute Gasteiger partial charge is 0.310 e. The van der Waals surface area contributed by atoms with E-state index in [1.165, 1.54) is 7.11 Å². The summed E-state index contributed by atoms with van der Waals surface area (Å²) in [6.07, 6.45) is 0.715. The largest absolute Gasteiger partial charge is 0.469 e. The predicted octanol–water partition coefficient (Wildman–Crippen LogP) is -0.698. The molecule has 2 unspecified atom stereocenters. The molecule has 2 heterocycles. The predicted molar refractivity (Wildman–Crippen MR) is 70.6 cm³/mol. The van der Waals surface area contributed by atoms with E-state index in [0.29, 0.717) is 19.5 Å². The Bertz CT molecular complexity index is 342. The van der Waals surface area contributed by atoms with Gasteiger partial charge in [0.1, 0.15) is 0 Å². The molecule has 0 aliphatic carbocycles. The second-order valence-corrected chi connectivity index (χ2v) is 5.25. The SMILES string of the molecule is COC(=O)C1CCN(C(=O)C(C)N2CCNCC2)C1. The first-order valence-electron chi connectivity index (χ1n) is 6.95. The Balaban J connectivity index is 1.87. The maximum Gasteiger partial charge on any atom is 0.310 e. The molecule has 0 radical (unpaired) electrons. The summed E-state index contributed by atoms with van der Waals surface area (Å²) in [5.41, 5.74) is 0. The molecule has 2 fully saturated rings. The molecule has 2 atom stereocenters. The van der Waals surface area contributed by atoms with Crippen molar-refractivity contribution < 1.29 is 14.3 Å². The fourth-order valence-electron chi connectivity index (χ4n) is 2.81. The van der Waals surface area contributed by atoms with Crippen molar-refractivity contribution >= 4 is 11.9 Å². The van der Waals surface area contributed by atoms with Gasteiger partial charge in [0.15, 0.2) is 0 Å². The van der Waals surface area contributed by atoms with Gasteiger partial charge in [-0.2, -0.15) is 0 Å². The minimum absolute atomic E-state index is 0.0986. The Morgan fingerprint density at radius 3 is 2.58 bits per heavy atom. The van der Waals surface area contributed by atoms with Crippen molar-refractivity contribution in [3.63, 3.8) is 0 Å². The summed E-state index contributed by atoms with van der Waals surface area (Å²) in [6.45, 7) is 6.79. The van der Waals surface area contributed by atoms with E-state index in [9.17, 15) is 9.59 Å². The molecule has 1 amide bonds. The minimum atomic E-state index is -0.204. The van der Waals surface area contributed by atoms with Gasteiger partial charge in [0.05, 0.1) is 19.1 Å². The highest BCUT2D eigenvalue weighted by molar-refractivity contribution is 5.83. The summed E-state index contributed by atoms with van der Waals surface area (Å²) in [5.74, 6) is -0.220. The van der Waals surface area contributed by atoms with Crippen molar-refractivity contribution in [2.45, 2.75) is 19.4 Å². The van der Waals surface area contributed by atoms with E-state index in [1.807, 2.05) is 6.92 Å². The molecular formula is C13H23N3O3. The number of piperazine rings is 1. The lowest BCUT2D eigenvalue weighted by Crippen LogP contribution is -2.53. The number of methoxy groups -OCH3 is 1. The van der Waals surface area contributed by atoms with Crippen LogP contribution in [0.15, 0.2) is 0 Å². The van der Waals surface area contributed by atoms with Crippen molar-refractivity contribution in [2.24, 2.45) is 5.92 Å². The van der Waals surface area contributed by atoms with Crippen molar-refractivity contribution in [1.29, 1.82) is 0 Å². The zero-order valence-electron chi connectivity index (χ0n) is 11.7. The van der Waals surface area contributed by atoms with Crippen molar-refractivity contribution in [3.8, 4) is 0 Å². The highest BCUT2D eigenvalue weighted by Gasteiger charge is 2.35. The van der Waals surface area contributed by atoms with E-state index in [2.05, 4.69) is 10.2 Å². The average Bonchev–Trinajstić information content (AvgIpc) is 2.95. The fraction of sp³-hybridized carbons (Fsp3) is 0.846. The zero-order chi connectivity index (χ0) is 13.8. The summed E-state index contributed by atoms with van der Waals surface area (Å²) in [6, 6.07) is -0.0986. The van der Waals surface area contributed by atoms with Crippen LogP contribution in [0.3, 0.4) is 0 Å². The number of esters is 1. The Kier molecular flexibility index (Phi) is 4.76. The topological polar surface area (TPSA) is 61.9 Å². The molecule has 0 bridgehead atoms. The molecule has 6 heteroatoms. The molecule has 0 aromatic heterocycles. The van der Waals surface area contributed by atoms with Gasteiger partial charge in [0.25, 0.3) is 0 Å². The van der Waals surface area contributed by atoms with Gasteiger partial charge in [0.2, 0.25) is 5.91 Å². The second kappa shape index (κ2) is 6.34. The number of likely N-dealkylation sites (tertiary alicyclic amines) is 1. The highest BCUT2D eigenvalue weighted by atomic mass is 16.5. The lowest BCUT2D eigenvalue weighted by atomic mass is 10.1. The lowest BCUT2D eigenvalue weighted by Gasteiger charge is -2.34. The maximum absolute atomic E-state index is 12.4. The van der Waals surface area contributed by atoms with Crippen LogP contribution in [0.2, 0.25) is 0 Å². The standard InChI is InChI=1S/C13H23N3O3/c1-10(15-7-4-14-5-8-15)12(17)16-6-3-11(9-16)13(18)19-2/h10-11,14H,3-9H2,1-2H3. The summed E-state index contributed by atoms with van der Waals surface area (Å²) in [5, 5.41) is 3.28. The Labute approximate surface area is 114 Å². The number of ether oxygens (including phenoxy) is 1. The Morgan fingerprint density at radius 2 is 1.95 bits per heavy atom. The molecule has 0 spiro atoms. The molecule has 2 aliphatic heterocycles. The van der Waals surface area contributed by atoms with Crippen LogP contribution in [0, 0.1) is 5.92 Å². The van der Waals surface area contributed by atoms with Gasteiger partial charge >= 0.3 is 5.97 Å². The monoisotopic (exact) mass is 269 g/mol. The Morgan fingerprint density at radius 1 is 1.26 bits per heavy atom. The molecule has 6 nitrogen and oxygen atoms in total. The first-order valence-corrected chi connectivity index (χ1v) is 6.95. The number of amides is 1. The van der Waals surface area contributed by atoms with Gasteiger partial charge in [-0.3, -0.25) is 14.5 Å². The molecule has 2 rings (SSSR count). The van der Waals surface area contributed by atoms with Crippen LogP contribution >= 0.6 is 0 Å². The molecule has 1 N–H and O–H groups in total.